The zero-order valence-electron chi connectivity index (χ0n) is 22.3. The summed E-state index contributed by atoms with van der Waals surface area (Å²) < 4.78 is 24.3. The van der Waals surface area contributed by atoms with E-state index < -0.39 is 21.2 Å². The molecule has 0 aromatic heterocycles. The van der Waals surface area contributed by atoms with Crippen molar-refractivity contribution in [2.75, 3.05) is 11.6 Å². The van der Waals surface area contributed by atoms with Crippen molar-refractivity contribution >= 4 is 38.9 Å². The Hall–Kier alpha value is -2.64. The molecule has 0 saturated heterocycles. The third kappa shape index (κ3) is 6.82. The molecule has 8 heteroatoms. The number of nitrogens with one attached hydrogen (secondary N) is 1. The number of nitrogens with zero attached hydrogens (tertiary/aromatic N) is 1. The van der Waals surface area contributed by atoms with Crippen LogP contribution in [0, 0.1) is 5.92 Å². The molecule has 2 aromatic rings. The number of rotatable bonds is 8. The minimum Gasteiger partial charge on any atom is -0.321 e. The Labute approximate surface area is 226 Å². The number of allylic oxidation sites excluding steroid dienone is 1. The van der Waals surface area contributed by atoms with Gasteiger partial charge in [-0.3, -0.25) is 9.59 Å². The number of halogens is 1. The fourth-order valence-corrected chi connectivity index (χ4v) is 6.56. The van der Waals surface area contributed by atoms with Gasteiger partial charge in [-0.05, 0) is 54.9 Å². The highest BCUT2D eigenvalue weighted by Crippen LogP contribution is 2.39. The summed E-state index contributed by atoms with van der Waals surface area (Å²) in [7, 11) is -3.60. The van der Waals surface area contributed by atoms with E-state index in [0.717, 1.165) is 36.8 Å². The number of amides is 2. The second kappa shape index (κ2) is 11.4. The maximum Gasteiger partial charge on any atom is 0.257 e. The number of hydrogen-bond donors (Lipinski definition) is 1. The smallest absolute Gasteiger partial charge is 0.257 e. The maximum atomic E-state index is 13.6. The van der Waals surface area contributed by atoms with E-state index in [0.29, 0.717) is 16.6 Å². The van der Waals surface area contributed by atoms with Gasteiger partial charge in [0.2, 0.25) is 5.91 Å². The van der Waals surface area contributed by atoms with E-state index in [9.17, 15) is 18.0 Å². The number of anilines is 1. The molecule has 1 aliphatic carbocycles. The first-order chi connectivity index (χ1) is 17.2. The van der Waals surface area contributed by atoms with E-state index >= 15 is 0 Å². The zero-order valence-corrected chi connectivity index (χ0v) is 23.9. The fourth-order valence-electron chi connectivity index (χ4n) is 5.24. The molecule has 2 aromatic carbocycles. The molecule has 0 radical (unpaired) electrons. The lowest BCUT2D eigenvalue weighted by Gasteiger charge is -2.38. The van der Waals surface area contributed by atoms with Gasteiger partial charge in [0, 0.05) is 24.4 Å². The molecule has 3 rings (SSSR count). The van der Waals surface area contributed by atoms with Gasteiger partial charge in [-0.25, -0.2) is 8.42 Å². The van der Waals surface area contributed by atoms with Gasteiger partial charge in [-0.15, -0.1) is 0 Å². The van der Waals surface area contributed by atoms with Crippen molar-refractivity contribution in [3.63, 3.8) is 0 Å². The van der Waals surface area contributed by atoms with Gasteiger partial charge in [-0.1, -0.05) is 76.1 Å². The fraction of sp³-hybridized carbons (Fsp3) is 0.448. The van der Waals surface area contributed by atoms with Crippen molar-refractivity contribution < 1.29 is 18.0 Å². The van der Waals surface area contributed by atoms with E-state index in [1.165, 1.54) is 18.6 Å². The van der Waals surface area contributed by atoms with E-state index in [1.807, 2.05) is 31.7 Å². The van der Waals surface area contributed by atoms with Crippen LogP contribution in [0.1, 0.15) is 75.7 Å². The lowest BCUT2D eigenvalue weighted by Crippen LogP contribution is -2.43. The molecule has 6 nitrogen and oxygen atoms in total. The molecular formula is C29H37ClN2O4S. The van der Waals surface area contributed by atoms with Crippen LogP contribution >= 0.6 is 11.6 Å². The summed E-state index contributed by atoms with van der Waals surface area (Å²) in [5, 5.41) is 3.08. The van der Waals surface area contributed by atoms with E-state index in [1.54, 1.807) is 24.3 Å². The van der Waals surface area contributed by atoms with Gasteiger partial charge in [-0.2, -0.15) is 0 Å². The van der Waals surface area contributed by atoms with Crippen molar-refractivity contribution in [1.82, 2.24) is 4.90 Å². The minimum atomic E-state index is -3.60. The van der Waals surface area contributed by atoms with Crippen LogP contribution in [0.15, 0.2) is 59.6 Å². The van der Waals surface area contributed by atoms with Crippen LogP contribution in [-0.2, 0) is 20.0 Å². The normalized spacial score (nSPS) is 18.2. The molecular weight excluding hydrogens is 508 g/mol. The number of carbonyl (C=O) groups is 2. The average Bonchev–Trinajstić information content (AvgIpc) is 2.79. The molecule has 2 unspecified atom stereocenters. The van der Waals surface area contributed by atoms with Gasteiger partial charge < -0.3 is 10.2 Å². The molecule has 37 heavy (non-hydrogen) atoms. The van der Waals surface area contributed by atoms with Crippen LogP contribution in [0.2, 0.25) is 5.02 Å². The van der Waals surface area contributed by atoms with E-state index in [-0.39, 0.29) is 28.8 Å². The SMILES string of the molecule is C=C(C)N(C(=O)CC(C)(C)c1cccc(NC(=O)c2ccccc2S(C)(=O)=O)c1Cl)C1CCCC(C)C1. The Bertz CT molecular complexity index is 1300. The molecule has 200 valence electrons. The molecule has 0 spiro atoms. The van der Waals surface area contributed by atoms with Crippen molar-refractivity contribution in [1.29, 1.82) is 0 Å². The maximum absolute atomic E-state index is 13.6. The topological polar surface area (TPSA) is 83.6 Å². The Morgan fingerprint density at radius 1 is 1.14 bits per heavy atom. The lowest BCUT2D eigenvalue weighted by atomic mass is 9.80. The quantitative estimate of drug-likeness (QED) is 0.405. The summed E-state index contributed by atoms with van der Waals surface area (Å²) in [5.74, 6) is 0.00184. The molecule has 0 bridgehead atoms. The Kier molecular flexibility index (Phi) is 8.91. The highest BCUT2D eigenvalue weighted by Gasteiger charge is 2.34. The Balaban J connectivity index is 1.85. The van der Waals surface area contributed by atoms with Gasteiger partial charge in [0.25, 0.3) is 5.91 Å². The first-order valence-electron chi connectivity index (χ1n) is 12.6. The van der Waals surface area contributed by atoms with E-state index in [2.05, 4.69) is 18.8 Å². The molecule has 0 aliphatic heterocycles. The third-order valence-corrected chi connectivity index (χ3v) is 8.62. The largest absolute Gasteiger partial charge is 0.321 e. The van der Waals surface area contributed by atoms with Gasteiger partial charge in [0.05, 0.1) is 21.2 Å². The second-order valence-corrected chi connectivity index (χ2v) is 13.2. The van der Waals surface area contributed by atoms with Gasteiger partial charge in [0.15, 0.2) is 9.84 Å². The van der Waals surface area contributed by atoms with Gasteiger partial charge in [0.1, 0.15) is 0 Å². The summed E-state index contributed by atoms with van der Waals surface area (Å²) >= 11 is 6.77. The number of hydrogen-bond acceptors (Lipinski definition) is 4. The summed E-state index contributed by atoms with van der Waals surface area (Å²) in [4.78, 5) is 28.4. The summed E-state index contributed by atoms with van der Waals surface area (Å²) in [5.41, 5.74) is 1.23. The molecule has 2 amide bonds. The average molecular weight is 545 g/mol. The molecule has 1 aliphatic rings. The zero-order chi connectivity index (χ0) is 27.5. The van der Waals surface area contributed by atoms with Crippen molar-refractivity contribution in [3.05, 3.63) is 70.9 Å². The summed E-state index contributed by atoms with van der Waals surface area (Å²) in [6.07, 6.45) is 5.51. The van der Waals surface area contributed by atoms with Crippen molar-refractivity contribution in [3.8, 4) is 0 Å². The Morgan fingerprint density at radius 3 is 2.43 bits per heavy atom. The predicted molar refractivity (Wildman–Crippen MR) is 150 cm³/mol. The molecule has 0 heterocycles. The van der Waals surface area contributed by atoms with Crippen LogP contribution in [0.25, 0.3) is 0 Å². The summed E-state index contributed by atoms with van der Waals surface area (Å²) in [6.45, 7) is 12.1. The van der Waals surface area contributed by atoms with E-state index in [4.69, 9.17) is 11.6 Å². The molecule has 2 atom stereocenters. The first-order valence-corrected chi connectivity index (χ1v) is 14.9. The molecule has 1 saturated carbocycles. The summed E-state index contributed by atoms with van der Waals surface area (Å²) in [6, 6.07) is 11.5. The third-order valence-electron chi connectivity index (χ3n) is 7.05. The molecule has 1 fully saturated rings. The minimum absolute atomic E-state index is 0.00388. The first kappa shape index (κ1) is 28.9. The predicted octanol–water partition coefficient (Wildman–Crippen LogP) is 6.60. The number of benzene rings is 2. The van der Waals surface area contributed by atoms with Crippen LogP contribution in [0.5, 0.6) is 0 Å². The standard InChI is InChI=1S/C29H37ClN2O4S/c1-19(2)32(21-12-9-11-20(3)17-21)26(33)18-29(4,5)23-14-10-15-24(27(23)30)31-28(34)22-13-7-8-16-25(22)37(6,35)36/h7-8,10,13-16,20-21H,1,9,11-12,17-18H2,2-6H3,(H,31,34). The number of sulfone groups is 1. The lowest BCUT2D eigenvalue weighted by molar-refractivity contribution is -0.133. The van der Waals surface area contributed by atoms with Gasteiger partial charge >= 0.3 is 0 Å². The highest BCUT2D eigenvalue weighted by atomic mass is 35.5. The van der Waals surface area contributed by atoms with Crippen LogP contribution in [0.3, 0.4) is 0 Å². The van der Waals surface area contributed by atoms with Crippen molar-refractivity contribution in [2.24, 2.45) is 5.92 Å². The highest BCUT2D eigenvalue weighted by molar-refractivity contribution is 7.90. The second-order valence-electron chi connectivity index (χ2n) is 10.9. The van der Waals surface area contributed by atoms with Crippen LogP contribution in [0.4, 0.5) is 5.69 Å². The van der Waals surface area contributed by atoms with Crippen LogP contribution in [-0.4, -0.2) is 37.4 Å². The number of carbonyl (C=O) groups excluding carboxylic acids is 2. The van der Waals surface area contributed by atoms with Crippen molar-refractivity contribution in [2.45, 2.75) is 76.2 Å². The molecule has 1 N–H and O–H groups in total. The Morgan fingerprint density at radius 2 is 1.81 bits per heavy atom. The van der Waals surface area contributed by atoms with Crippen LogP contribution < -0.4 is 5.32 Å². The monoisotopic (exact) mass is 544 g/mol.